The second kappa shape index (κ2) is 17.3. The van der Waals surface area contributed by atoms with Crippen LogP contribution in [0.15, 0.2) is 47.1 Å². The van der Waals surface area contributed by atoms with Gasteiger partial charge in [0.05, 0.1) is 0 Å². The molecule has 7 atom stereocenters. The summed E-state index contributed by atoms with van der Waals surface area (Å²) in [5.41, 5.74) is 5.53. The molecule has 11 nitrogen and oxygen atoms in total. The van der Waals surface area contributed by atoms with Crippen LogP contribution in [0, 0.1) is 17.8 Å². The molecule has 10 rings (SSSR count). The first-order chi connectivity index (χ1) is 28.3. The zero-order valence-electron chi connectivity index (χ0n) is 32.8. The third-order valence-corrected chi connectivity index (χ3v) is 23.1. The van der Waals surface area contributed by atoms with Gasteiger partial charge in [0.1, 0.15) is 0 Å². The van der Waals surface area contributed by atoms with Crippen molar-refractivity contribution in [3.8, 4) is 0 Å². The number of amides is 1. The van der Waals surface area contributed by atoms with Crippen molar-refractivity contribution in [2.75, 3.05) is 11.9 Å². The van der Waals surface area contributed by atoms with E-state index in [0.717, 1.165) is 70.9 Å². The fraction of sp³-hybridized carbons (Fsp3) is 0.524. The summed E-state index contributed by atoms with van der Waals surface area (Å²) in [4.78, 5) is 29.9. The molecule has 2 aliphatic heterocycles. The van der Waals surface area contributed by atoms with Crippen LogP contribution in [0.25, 0.3) is 16.6 Å². The van der Waals surface area contributed by atoms with Crippen molar-refractivity contribution in [3.05, 3.63) is 62.8 Å². The van der Waals surface area contributed by atoms with E-state index in [0.29, 0.717) is 35.8 Å². The molecule has 5 aromatic rings. The van der Waals surface area contributed by atoms with Gasteiger partial charge in [-0.2, -0.15) is 0 Å². The number of anilines is 1. The van der Waals surface area contributed by atoms with E-state index in [-0.39, 0.29) is 18.0 Å². The molecule has 5 aromatic heterocycles. The summed E-state index contributed by atoms with van der Waals surface area (Å²) in [7, 11) is 0. The van der Waals surface area contributed by atoms with Crippen LogP contribution in [-0.2, 0) is 11.2 Å². The third kappa shape index (κ3) is 8.93. The molecule has 1 amide bonds. The standard InChI is InChI=1S/C27H34N6OS.C8H4BrN2.C7H9N2S.2Sn/c1-16-24(13-25-23(30-16)4-3-9-28-25)31-21-7-8-26(33(14-21)17(2)34)22-12-20(22)11-18-5-6-19(10-18)27-32-29-15-35-27;9-6-4-8-7(11-5-6)2-1-3-10-8;1-2-4-6(3-1)7-9-8-5-10-7;;/h3-4,10,16,18,20-22,24,26,30-31H,5-8,11-14H2,1-2H3;1-2,4-5H;6H,1-4H2;;/t16?,18?,20?,21?,22-,24?,26?;;;;/m0..../s1. The molecule has 3 fully saturated rings. The Morgan fingerprint density at radius 2 is 1.78 bits per heavy atom. The number of rotatable bonds is 11. The second-order valence-electron chi connectivity index (χ2n) is 17.0. The first-order valence-electron chi connectivity index (χ1n) is 20.9. The summed E-state index contributed by atoms with van der Waals surface area (Å²) in [6.45, 7) is 4.84. The monoisotopic (exact) mass is 1090 g/mol. The molecule has 1 saturated heterocycles. The van der Waals surface area contributed by atoms with E-state index in [1.54, 1.807) is 18.3 Å². The van der Waals surface area contributed by atoms with E-state index in [1.165, 1.54) is 62.3 Å². The number of nitrogens with one attached hydrogen (secondary N) is 2. The molecule has 0 spiro atoms. The maximum atomic E-state index is 13.2. The Balaban J connectivity index is 0.719. The minimum atomic E-state index is -1.14. The van der Waals surface area contributed by atoms with E-state index < -0.39 is 42.3 Å². The molecule has 5 aliphatic rings. The molecule has 0 aromatic carbocycles. The molecule has 6 unspecified atom stereocenters. The molecule has 58 heavy (non-hydrogen) atoms. The number of carbonyl (C=O) groups excluding carboxylic acids is 1. The van der Waals surface area contributed by atoms with E-state index in [4.69, 9.17) is 9.97 Å². The maximum absolute atomic E-state index is 13.2. The van der Waals surface area contributed by atoms with Crippen LogP contribution in [0.1, 0.15) is 99.7 Å². The summed E-state index contributed by atoms with van der Waals surface area (Å²) >= 11 is 4.90. The Bertz CT molecular complexity index is 2350. The van der Waals surface area contributed by atoms with Gasteiger partial charge in [-0.05, 0) is 0 Å². The van der Waals surface area contributed by atoms with Gasteiger partial charge in [-0.1, -0.05) is 0 Å². The predicted molar refractivity (Wildman–Crippen MR) is 237 cm³/mol. The van der Waals surface area contributed by atoms with Crippen molar-refractivity contribution >= 4 is 123 Å². The van der Waals surface area contributed by atoms with E-state index >= 15 is 0 Å². The van der Waals surface area contributed by atoms with Gasteiger partial charge in [-0.25, -0.2) is 0 Å². The number of allylic oxidation sites excluding steroid dienone is 2. The van der Waals surface area contributed by atoms with Gasteiger partial charge in [-0.15, -0.1) is 0 Å². The van der Waals surface area contributed by atoms with Crippen molar-refractivity contribution in [1.82, 2.24) is 45.6 Å². The molecule has 2 N–H and O–H groups in total. The SMILES string of the molecule is CC(=O)N1CC(NC2Cc3n[c]([Sn][c]4nnc(C5CCCC5)s4)ccc3NC2C)CCC1[C@H]1CC1CC1C=C(c2nn[c]([Sn][c]3ccc4ncc(Br)cc4n3)s2)CC1. The van der Waals surface area contributed by atoms with Gasteiger partial charge in [0.25, 0.3) is 0 Å². The van der Waals surface area contributed by atoms with Crippen molar-refractivity contribution in [3.63, 3.8) is 0 Å². The van der Waals surface area contributed by atoms with Gasteiger partial charge < -0.3 is 0 Å². The van der Waals surface area contributed by atoms with Crippen LogP contribution in [0.2, 0.25) is 0 Å². The van der Waals surface area contributed by atoms with Gasteiger partial charge >= 0.3 is 380 Å². The van der Waals surface area contributed by atoms with Crippen LogP contribution in [-0.4, -0.2) is 119 Å². The summed E-state index contributed by atoms with van der Waals surface area (Å²) in [6, 6.07) is 11.9. The van der Waals surface area contributed by atoms with Crippen molar-refractivity contribution in [2.24, 2.45) is 17.8 Å². The summed E-state index contributed by atoms with van der Waals surface area (Å²) in [5.74, 6) is 2.74. The molecule has 3 aliphatic carbocycles. The van der Waals surface area contributed by atoms with Crippen molar-refractivity contribution in [2.45, 2.75) is 115 Å². The number of hydrogen-bond acceptors (Lipinski definition) is 12. The quantitative estimate of drug-likeness (QED) is 0.180. The number of hydrogen-bond donors (Lipinski definition) is 2. The number of carbonyl (C=O) groups is 1. The molecule has 16 heteroatoms. The normalized spacial score (nSPS) is 27.1. The topological polar surface area (TPSA) is 135 Å². The van der Waals surface area contributed by atoms with Crippen LogP contribution in [0.5, 0.6) is 0 Å². The number of fused-ring (bicyclic) bond motifs is 2. The van der Waals surface area contributed by atoms with Gasteiger partial charge in [0.2, 0.25) is 0 Å². The van der Waals surface area contributed by atoms with E-state index in [2.05, 4.69) is 94.1 Å². The number of pyridine rings is 3. The van der Waals surface area contributed by atoms with Crippen LogP contribution >= 0.6 is 38.6 Å². The Hall–Kier alpha value is -2.12. The van der Waals surface area contributed by atoms with Crippen LogP contribution in [0.3, 0.4) is 0 Å². The number of aromatic nitrogens is 7. The minimum absolute atomic E-state index is 0.218. The third-order valence-electron chi connectivity index (χ3n) is 13.0. The number of likely N-dealkylation sites (tertiary alicyclic amines) is 1. The van der Waals surface area contributed by atoms with Gasteiger partial charge in [0.15, 0.2) is 0 Å². The molecule has 298 valence electrons. The van der Waals surface area contributed by atoms with Crippen molar-refractivity contribution < 1.29 is 4.79 Å². The Morgan fingerprint density at radius 3 is 2.64 bits per heavy atom. The van der Waals surface area contributed by atoms with E-state index in [9.17, 15) is 4.79 Å². The predicted octanol–water partition coefficient (Wildman–Crippen LogP) is 4.67. The first kappa shape index (κ1) is 40.0. The molecular formula is C42H47BrN10OS2Sn2. The Kier molecular flexibility index (Phi) is 11.9. The van der Waals surface area contributed by atoms with Gasteiger partial charge in [-0.3, -0.25) is 0 Å². The average molecular weight is 1090 g/mol. The fourth-order valence-corrected chi connectivity index (χ4v) is 19.5. The fourth-order valence-electron chi connectivity index (χ4n) is 9.89. The van der Waals surface area contributed by atoms with Gasteiger partial charge in [0, 0.05) is 0 Å². The Labute approximate surface area is 376 Å². The summed E-state index contributed by atoms with van der Waals surface area (Å²) in [5, 5.41) is 28.6. The molecule has 0 bridgehead atoms. The molecule has 4 radical (unpaired) electrons. The molecular weight excluding hydrogens is 1040 g/mol. The summed E-state index contributed by atoms with van der Waals surface area (Å²) in [6.07, 6.45) is 17.3. The van der Waals surface area contributed by atoms with Crippen LogP contribution < -0.4 is 24.1 Å². The molecule has 2 saturated carbocycles. The summed E-state index contributed by atoms with van der Waals surface area (Å²) < 4.78 is 5.72. The number of piperidine rings is 1. The molecule has 7 heterocycles. The van der Waals surface area contributed by atoms with Crippen molar-refractivity contribution in [1.29, 1.82) is 0 Å². The Morgan fingerprint density at radius 1 is 0.966 bits per heavy atom. The first-order valence-corrected chi connectivity index (χ1v) is 29.1. The number of halogens is 1. The number of nitrogens with zero attached hydrogens (tertiary/aromatic N) is 8. The zero-order chi connectivity index (χ0) is 39.3. The average Bonchev–Trinajstić information content (AvgIpc) is 3.80. The van der Waals surface area contributed by atoms with Crippen LogP contribution in [0.4, 0.5) is 5.69 Å². The second-order valence-corrected chi connectivity index (χ2v) is 29.0. The zero-order valence-corrected chi connectivity index (χ0v) is 41.8. The van der Waals surface area contributed by atoms with E-state index in [1.807, 2.05) is 23.6 Å².